The molecular weight excluding hydrogens is 308 g/mol. The van der Waals surface area contributed by atoms with Gasteiger partial charge < -0.3 is 18.5 Å². The molecule has 6 nitrogen and oxygen atoms in total. The van der Waals surface area contributed by atoms with E-state index in [9.17, 15) is 4.79 Å². The summed E-state index contributed by atoms with van der Waals surface area (Å²) in [6, 6.07) is 7.67. The first-order valence-corrected chi connectivity index (χ1v) is 8.34. The van der Waals surface area contributed by atoms with Crippen LogP contribution in [0.4, 0.5) is 0 Å². The van der Waals surface area contributed by atoms with Gasteiger partial charge in [-0.05, 0) is 24.3 Å². The third-order valence-corrected chi connectivity index (χ3v) is 4.34. The summed E-state index contributed by atoms with van der Waals surface area (Å²) >= 11 is 0. The molecule has 130 valence electrons. The number of rotatable bonds is 6. The minimum Gasteiger partial charge on any atom is -0.467 e. The van der Waals surface area contributed by atoms with E-state index in [1.54, 1.807) is 18.2 Å². The summed E-state index contributed by atoms with van der Waals surface area (Å²) in [5, 5.41) is 0. The van der Waals surface area contributed by atoms with Gasteiger partial charge >= 0.3 is 0 Å². The molecular formula is C18H24N2O4. The highest BCUT2D eigenvalue weighted by atomic mass is 16.5. The molecule has 0 spiro atoms. The molecule has 0 aliphatic carbocycles. The molecule has 24 heavy (non-hydrogen) atoms. The minimum absolute atomic E-state index is 0.0139. The van der Waals surface area contributed by atoms with Crippen molar-refractivity contribution in [2.24, 2.45) is 0 Å². The Morgan fingerprint density at radius 3 is 2.92 bits per heavy atom. The molecule has 0 bridgehead atoms. The molecule has 2 aromatic heterocycles. The second kappa shape index (κ2) is 7.68. The van der Waals surface area contributed by atoms with Crippen molar-refractivity contribution in [3.8, 4) is 0 Å². The lowest BCUT2D eigenvalue weighted by atomic mass is 10.1. The van der Waals surface area contributed by atoms with Gasteiger partial charge in [-0.25, -0.2) is 0 Å². The van der Waals surface area contributed by atoms with E-state index < -0.39 is 0 Å². The Bertz CT molecular complexity index is 650. The van der Waals surface area contributed by atoms with E-state index in [1.165, 1.54) is 0 Å². The molecule has 0 radical (unpaired) electrons. The monoisotopic (exact) mass is 332 g/mol. The van der Waals surface area contributed by atoms with Gasteiger partial charge in [0.25, 0.3) is 0 Å². The van der Waals surface area contributed by atoms with Gasteiger partial charge in [0.2, 0.25) is 5.91 Å². The average molecular weight is 332 g/mol. The summed E-state index contributed by atoms with van der Waals surface area (Å²) in [6.07, 6.45) is 2.48. The Morgan fingerprint density at radius 2 is 2.21 bits per heavy atom. The summed E-state index contributed by atoms with van der Waals surface area (Å²) in [5.41, 5.74) is 0. The van der Waals surface area contributed by atoms with Gasteiger partial charge in [0, 0.05) is 20.0 Å². The van der Waals surface area contributed by atoms with Gasteiger partial charge in [0.05, 0.1) is 38.6 Å². The van der Waals surface area contributed by atoms with Crippen molar-refractivity contribution in [1.82, 2.24) is 9.80 Å². The largest absolute Gasteiger partial charge is 0.467 e. The lowest BCUT2D eigenvalue weighted by Gasteiger charge is -2.34. The SMILES string of the molecule is CCc1ccc([C@H]2COCCN2CC(=O)N(C)Cc2ccco2)o1. The van der Waals surface area contributed by atoms with Crippen molar-refractivity contribution in [3.63, 3.8) is 0 Å². The fourth-order valence-electron chi connectivity index (χ4n) is 2.87. The highest BCUT2D eigenvalue weighted by Gasteiger charge is 2.29. The molecule has 1 fully saturated rings. The predicted octanol–water partition coefficient (Wildman–Crippen LogP) is 2.47. The summed E-state index contributed by atoms with van der Waals surface area (Å²) in [5.74, 6) is 2.66. The van der Waals surface area contributed by atoms with Crippen LogP contribution in [0, 0.1) is 0 Å². The number of nitrogens with zero attached hydrogens (tertiary/aromatic N) is 2. The number of furan rings is 2. The molecule has 0 aromatic carbocycles. The van der Waals surface area contributed by atoms with Crippen molar-refractivity contribution >= 4 is 5.91 Å². The summed E-state index contributed by atoms with van der Waals surface area (Å²) in [6.45, 7) is 4.77. The Balaban J connectivity index is 1.63. The first kappa shape index (κ1) is 16.8. The Labute approximate surface area is 142 Å². The maximum Gasteiger partial charge on any atom is 0.236 e. The Kier molecular flexibility index (Phi) is 5.37. The number of amides is 1. The van der Waals surface area contributed by atoms with Crippen LogP contribution < -0.4 is 0 Å². The first-order chi connectivity index (χ1) is 11.7. The molecule has 1 aliphatic rings. The first-order valence-electron chi connectivity index (χ1n) is 8.34. The zero-order chi connectivity index (χ0) is 16.9. The van der Waals surface area contributed by atoms with Crippen LogP contribution in [-0.2, 0) is 22.5 Å². The van der Waals surface area contributed by atoms with E-state index in [0.29, 0.717) is 32.8 Å². The number of carbonyl (C=O) groups excluding carboxylic acids is 1. The van der Waals surface area contributed by atoms with Gasteiger partial charge in [-0.15, -0.1) is 0 Å². The molecule has 1 saturated heterocycles. The van der Waals surface area contributed by atoms with Gasteiger partial charge in [-0.2, -0.15) is 0 Å². The molecule has 1 atom stereocenters. The normalized spacial score (nSPS) is 18.7. The van der Waals surface area contributed by atoms with Crippen LogP contribution >= 0.6 is 0 Å². The highest BCUT2D eigenvalue weighted by Crippen LogP contribution is 2.26. The number of ether oxygens (including phenoxy) is 1. The summed E-state index contributed by atoms with van der Waals surface area (Å²) < 4.78 is 16.8. The van der Waals surface area contributed by atoms with Crippen LogP contribution in [0.1, 0.15) is 30.2 Å². The Hall–Kier alpha value is -2.05. The van der Waals surface area contributed by atoms with Crippen molar-refractivity contribution < 1.29 is 18.4 Å². The van der Waals surface area contributed by atoms with Crippen LogP contribution in [0.15, 0.2) is 39.4 Å². The molecule has 3 heterocycles. The molecule has 2 aromatic rings. The van der Waals surface area contributed by atoms with Gasteiger partial charge in [-0.3, -0.25) is 9.69 Å². The fourth-order valence-corrected chi connectivity index (χ4v) is 2.87. The predicted molar refractivity (Wildman–Crippen MR) is 88.4 cm³/mol. The van der Waals surface area contributed by atoms with Crippen LogP contribution in [0.5, 0.6) is 0 Å². The summed E-state index contributed by atoms with van der Waals surface area (Å²) in [4.78, 5) is 16.4. The number of hydrogen-bond donors (Lipinski definition) is 0. The topological polar surface area (TPSA) is 59.1 Å². The second-order valence-electron chi connectivity index (χ2n) is 6.05. The number of carbonyl (C=O) groups is 1. The van der Waals surface area contributed by atoms with E-state index in [-0.39, 0.29) is 11.9 Å². The third kappa shape index (κ3) is 3.88. The molecule has 0 N–H and O–H groups in total. The van der Waals surface area contributed by atoms with Crippen LogP contribution in [0.2, 0.25) is 0 Å². The summed E-state index contributed by atoms with van der Waals surface area (Å²) in [7, 11) is 1.79. The molecule has 1 amide bonds. The molecule has 3 rings (SSSR count). The molecule has 0 unspecified atom stereocenters. The van der Waals surface area contributed by atoms with E-state index in [4.69, 9.17) is 13.6 Å². The van der Waals surface area contributed by atoms with Crippen molar-refractivity contribution in [2.45, 2.75) is 25.9 Å². The van der Waals surface area contributed by atoms with E-state index in [2.05, 4.69) is 11.8 Å². The van der Waals surface area contributed by atoms with Gasteiger partial charge in [0.15, 0.2) is 0 Å². The van der Waals surface area contributed by atoms with Gasteiger partial charge in [0.1, 0.15) is 17.3 Å². The molecule has 0 saturated carbocycles. The molecule has 6 heteroatoms. The van der Waals surface area contributed by atoms with Gasteiger partial charge in [-0.1, -0.05) is 6.92 Å². The lowest BCUT2D eigenvalue weighted by Crippen LogP contribution is -2.45. The third-order valence-electron chi connectivity index (χ3n) is 4.34. The maximum atomic E-state index is 12.5. The Morgan fingerprint density at radius 1 is 1.33 bits per heavy atom. The lowest BCUT2D eigenvalue weighted by molar-refractivity contribution is -0.134. The van der Waals surface area contributed by atoms with Crippen LogP contribution in [-0.4, -0.2) is 49.1 Å². The minimum atomic E-state index is -0.0139. The zero-order valence-electron chi connectivity index (χ0n) is 14.2. The number of hydrogen-bond acceptors (Lipinski definition) is 5. The quantitative estimate of drug-likeness (QED) is 0.813. The van der Waals surface area contributed by atoms with Crippen molar-refractivity contribution in [2.75, 3.05) is 33.4 Å². The zero-order valence-corrected chi connectivity index (χ0v) is 14.2. The van der Waals surface area contributed by atoms with Crippen LogP contribution in [0.3, 0.4) is 0 Å². The van der Waals surface area contributed by atoms with Crippen LogP contribution in [0.25, 0.3) is 0 Å². The standard InChI is InChI=1S/C18H24N2O4/c1-3-14-6-7-17(24-14)16-13-22-10-8-20(16)12-18(21)19(2)11-15-5-4-9-23-15/h4-7,9,16H,3,8,10-13H2,1-2H3/t16-/m1/s1. The fraction of sp³-hybridized carbons (Fsp3) is 0.500. The second-order valence-corrected chi connectivity index (χ2v) is 6.05. The number of aryl methyl sites for hydroxylation is 1. The van der Waals surface area contributed by atoms with E-state index >= 15 is 0 Å². The van der Waals surface area contributed by atoms with E-state index in [1.807, 2.05) is 24.3 Å². The smallest absolute Gasteiger partial charge is 0.236 e. The number of likely N-dealkylation sites (N-methyl/N-ethyl adjacent to an activating group) is 1. The van der Waals surface area contributed by atoms with Crippen molar-refractivity contribution in [3.05, 3.63) is 47.8 Å². The molecule has 1 aliphatic heterocycles. The van der Waals surface area contributed by atoms with Crippen molar-refractivity contribution in [1.29, 1.82) is 0 Å². The average Bonchev–Trinajstić information content (AvgIpc) is 3.26. The number of morpholine rings is 1. The maximum absolute atomic E-state index is 12.5. The highest BCUT2D eigenvalue weighted by molar-refractivity contribution is 5.78. The van der Waals surface area contributed by atoms with E-state index in [0.717, 1.165) is 23.7 Å².